The van der Waals surface area contributed by atoms with Crippen LogP contribution < -0.4 is 0 Å². The van der Waals surface area contributed by atoms with Crippen molar-refractivity contribution in [2.45, 2.75) is 45.6 Å². The first-order chi connectivity index (χ1) is 13.8. The number of amides is 1. The predicted octanol–water partition coefficient (Wildman–Crippen LogP) is 4.65. The number of fused-ring (bicyclic) bond motifs is 1. The molecule has 0 saturated carbocycles. The summed E-state index contributed by atoms with van der Waals surface area (Å²) in [6.07, 6.45) is 0.488. The molecule has 1 aliphatic heterocycles. The number of carbonyl (C=O) groups excluding carboxylic acids is 1. The van der Waals surface area contributed by atoms with Gasteiger partial charge in [0, 0.05) is 24.4 Å². The van der Waals surface area contributed by atoms with Crippen LogP contribution in [0, 0.1) is 5.92 Å². The summed E-state index contributed by atoms with van der Waals surface area (Å²) in [7, 11) is 0. The molecule has 2 aromatic heterocycles. The number of ether oxygens (including phenoxy) is 1. The van der Waals surface area contributed by atoms with Crippen molar-refractivity contribution in [2.24, 2.45) is 5.92 Å². The fraction of sp³-hybridized carbons (Fsp3) is 0.455. The molecule has 29 heavy (non-hydrogen) atoms. The molecule has 0 aliphatic carbocycles. The van der Waals surface area contributed by atoms with E-state index in [2.05, 4.69) is 22.0 Å². The van der Waals surface area contributed by atoms with Crippen molar-refractivity contribution >= 4 is 17.0 Å². The van der Waals surface area contributed by atoms with E-state index < -0.39 is 5.60 Å². The highest BCUT2D eigenvalue weighted by molar-refractivity contribution is 5.80. The summed E-state index contributed by atoms with van der Waals surface area (Å²) in [5.74, 6) is 1.39. The standard InChI is InChI=1S/C22H26N4O3/c1-14-13-26(21(27)28-22(2,3)4)12-11-16(14)20-24-19(25-29-20)18-10-9-15-7-5-6-8-17(15)23-18/h5-10,14,16H,11-13H2,1-4H3. The van der Waals surface area contributed by atoms with Gasteiger partial charge in [0.2, 0.25) is 11.7 Å². The Hall–Kier alpha value is -2.96. The Labute approximate surface area is 170 Å². The Bertz CT molecular complexity index is 1020. The molecule has 2 atom stereocenters. The Balaban J connectivity index is 1.47. The lowest BCUT2D eigenvalue weighted by atomic mass is 9.87. The minimum Gasteiger partial charge on any atom is -0.444 e. The lowest BCUT2D eigenvalue weighted by Crippen LogP contribution is -2.44. The highest BCUT2D eigenvalue weighted by atomic mass is 16.6. The van der Waals surface area contributed by atoms with Gasteiger partial charge in [-0.15, -0.1) is 0 Å². The van der Waals surface area contributed by atoms with Crippen LogP contribution in [0.4, 0.5) is 4.79 Å². The van der Waals surface area contributed by atoms with E-state index in [0.717, 1.165) is 17.3 Å². The maximum Gasteiger partial charge on any atom is 0.410 e. The Morgan fingerprint density at radius 1 is 1.17 bits per heavy atom. The first kappa shape index (κ1) is 19.4. The van der Waals surface area contributed by atoms with Crippen LogP contribution in [0.5, 0.6) is 0 Å². The molecule has 1 amide bonds. The van der Waals surface area contributed by atoms with Crippen LogP contribution in [0.2, 0.25) is 0 Å². The van der Waals surface area contributed by atoms with Crippen molar-refractivity contribution < 1.29 is 14.1 Å². The molecule has 0 N–H and O–H groups in total. The van der Waals surface area contributed by atoms with Crippen molar-refractivity contribution in [3.63, 3.8) is 0 Å². The van der Waals surface area contributed by atoms with Gasteiger partial charge in [0.25, 0.3) is 0 Å². The number of nitrogens with zero attached hydrogens (tertiary/aromatic N) is 4. The average molecular weight is 394 g/mol. The Kier molecular flexibility index (Phi) is 4.98. The molecule has 1 aromatic carbocycles. The summed E-state index contributed by atoms with van der Waals surface area (Å²) in [6, 6.07) is 11.9. The highest BCUT2D eigenvalue weighted by Gasteiger charge is 2.35. The van der Waals surface area contributed by atoms with E-state index in [-0.39, 0.29) is 17.9 Å². The summed E-state index contributed by atoms with van der Waals surface area (Å²) in [4.78, 5) is 23.4. The molecular weight excluding hydrogens is 368 g/mol. The number of benzene rings is 1. The highest BCUT2D eigenvalue weighted by Crippen LogP contribution is 2.33. The van der Waals surface area contributed by atoms with Gasteiger partial charge in [-0.25, -0.2) is 9.78 Å². The van der Waals surface area contributed by atoms with E-state index in [1.807, 2.05) is 57.2 Å². The summed E-state index contributed by atoms with van der Waals surface area (Å²) in [6.45, 7) is 8.94. The van der Waals surface area contributed by atoms with Crippen LogP contribution in [0.3, 0.4) is 0 Å². The third-order valence-electron chi connectivity index (χ3n) is 5.14. The summed E-state index contributed by atoms with van der Waals surface area (Å²) < 4.78 is 11.1. The smallest absolute Gasteiger partial charge is 0.410 e. The van der Waals surface area contributed by atoms with Crippen LogP contribution >= 0.6 is 0 Å². The third-order valence-corrected chi connectivity index (χ3v) is 5.14. The van der Waals surface area contributed by atoms with Crippen LogP contribution in [-0.4, -0.2) is 44.8 Å². The SMILES string of the molecule is CC1CN(C(=O)OC(C)(C)C)CCC1c1nc(-c2ccc3ccccc3n2)no1. The molecule has 4 rings (SSSR count). The molecule has 7 heteroatoms. The van der Waals surface area contributed by atoms with Gasteiger partial charge in [0.15, 0.2) is 0 Å². The van der Waals surface area contributed by atoms with Gasteiger partial charge < -0.3 is 14.2 Å². The quantitative estimate of drug-likeness (QED) is 0.629. The van der Waals surface area contributed by atoms with Gasteiger partial charge in [-0.1, -0.05) is 36.3 Å². The van der Waals surface area contributed by atoms with Crippen molar-refractivity contribution in [3.05, 3.63) is 42.3 Å². The van der Waals surface area contributed by atoms with Crippen molar-refractivity contribution in [1.29, 1.82) is 0 Å². The number of rotatable bonds is 2. The second kappa shape index (κ2) is 7.46. The first-order valence-corrected chi connectivity index (χ1v) is 9.98. The maximum atomic E-state index is 12.3. The minimum absolute atomic E-state index is 0.107. The number of piperidine rings is 1. The van der Waals surface area contributed by atoms with Crippen molar-refractivity contribution in [3.8, 4) is 11.5 Å². The van der Waals surface area contributed by atoms with Gasteiger partial charge >= 0.3 is 6.09 Å². The normalized spacial score (nSPS) is 20.1. The molecule has 3 aromatic rings. The van der Waals surface area contributed by atoms with Gasteiger partial charge in [-0.05, 0) is 45.2 Å². The van der Waals surface area contributed by atoms with Crippen molar-refractivity contribution in [1.82, 2.24) is 20.0 Å². The monoisotopic (exact) mass is 394 g/mol. The van der Waals surface area contributed by atoms with E-state index in [1.54, 1.807) is 4.90 Å². The maximum absolute atomic E-state index is 12.3. The summed E-state index contributed by atoms with van der Waals surface area (Å²) in [5.41, 5.74) is 1.10. The van der Waals surface area contributed by atoms with Gasteiger partial charge in [-0.3, -0.25) is 0 Å². The molecular formula is C22H26N4O3. The third kappa shape index (κ3) is 4.23. The first-order valence-electron chi connectivity index (χ1n) is 9.98. The molecule has 152 valence electrons. The van der Waals surface area contributed by atoms with Crippen LogP contribution in [0.25, 0.3) is 22.4 Å². The molecule has 7 nitrogen and oxygen atoms in total. The molecule has 0 radical (unpaired) electrons. The van der Waals surface area contributed by atoms with Crippen LogP contribution in [-0.2, 0) is 4.74 Å². The molecule has 0 bridgehead atoms. The number of para-hydroxylation sites is 1. The zero-order chi connectivity index (χ0) is 20.6. The molecule has 1 fully saturated rings. The number of likely N-dealkylation sites (tertiary alicyclic amines) is 1. The van der Waals surface area contributed by atoms with E-state index in [1.165, 1.54) is 0 Å². The number of hydrogen-bond donors (Lipinski definition) is 0. The zero-order valence-corrected chi connectivity index (χ0v) is 17.3. The minimum atomic E-state index is -0.495. The molecule has 0 spiro atoms. The van der Waals surface area contributed by atoms with E-state index in [0.29, 0.717) is 30.5 Å². The second-order valence-corrected chi connectivity index (χ2v) is 8.64. The topological polar surface area (TPSA) is 81.4 Å². The molecule has 2 unspecified atom stereocenters. The zero-order valence-electron chi connectivity index (χ0n) is 17.3. The van der Waals surface area contributed by atoms with Crippen LogP contribution in [0.1, 0.15) is 45.9 Å². The van der Waals surface area contributed by atoms with E-state index in [4.69, 9.17) is 9.26 Å². The van der Waals surface area contributed by atoms with Gasteiger partial charge in [0.05, 0.1) is 5.52 Å². The fourth-order valence-electron chi connectivity index (χ4n) is 3.69. The molecule has 1 aliphatic rings. The Morgan fingerprint density at radius 2 is 1.97 bits per heavy atom. The second-order valence-electron chi connectivity index (χ2n) is 8.64. The predicted molar refractivity (Wildman–Crippen MR) is 109 cm³/mol. The molecule has 3 heterocycles. The lowest BCUT2D eigenvalue weighted by Gasteiger charge is -2.36. The van der Waals surface area contributed by atoms with Crippen molar-refractivity contribution in [2.75, 3.05) is 13.1 Å². The number of hydrogen-bond acceptors (Lipinski definition) is 6. The lowest BCUT2D eigenvalue weighted by molar-refractivity contribution is 0.0143. The number of aromatic nitrogens is 3. The van der Waals surface area contributed by atoms with Gasteiger partial charge in [-0.2, -0.15) is 4.98 Å². The Morgan fingerprint density at radius 3 is 2.72 bits per heavy atom. The average Bonchev–Trinajstić information content (AvgIpc) is 3.16. The number of carbonyl (C=O) groups is 1. The van der Waals surface area contributed by atoms with E-state index >= 15 is 0 Å². The molecule has 1 saturated heterocycles. The number of pyridine rings is 1. The fourth-order valence-corrected chi connectivity index (χ4v) is 3.69. The van der Waals surface area contributed by atoms with Crippen LogP contribution in [0.15, 0.2) is 40.9 Å². The summed E-state index contributed by atoms with van der Waals surface area (Å²) in [5, 5.41) is 5.22. The largest absolute Gasteiger partial charge is 0.444 e. The van der Waals surface area contributed by atoms with E-state index in [9.17, 15) is 4.79 Å². The van der Waals surface area contributed by atoms with Gasteiger partial charge in [0.1, 0.15) is 11.3 Å². The summed E-state index contributed by atoms with van der Waals surface area (Å²) >= 11 is 0.